The summed E-state index contributed by atoms with van der Waals surface area (Å²) in [5.74, 6) is -1.21. The average Bonchev–Trinajstić information content (AvgIpc) is 2.59. The summed E-state index contributed by atoms with van der Waals surface area (Å²) < 4.78 is 33.3. The van der Waals surface area contributed by atoms with Crippen molar-refractivity contribution < 1.29 is 27.2 Å². The minimum atomic E-state index is -4.18. The number of hydrogen-bond acceptors (Lipinski definition) is 7. The van der Waals surface area contributed by atoms with E-state index in [2.05, 4.69) is 4.18 Å². The van der Waals surface area contributed by atoms with Crippen molar-refractivity contribution in [2.24, 2.45) is 0 Å². The maximum absolute atomic E-state index is 11.6. The van der Waals surface area contributed by atoms with Gasteiger partial charge in [0.25, 0.3) is 0 Å². The van der Waals surface area contributed by atoms with Crippen LogP contribution in [0.5, 0.6) is 0 Å². The Bertz CT molecular complexity index is 628. The molecule has 1 aromatic rings. The van der Waals surface area contributed by atoms with E-state index in [1.165, 1.54) is 0 Å². The summed E-state index contributed by atoms with van der Waals surface area (Å²) in [7, 11) is -4.18. The number of anilines is 1. The van der Waals surface area contributed by atoms with Gasteiger partial charge in [-0.05, 0) is 37.8 Å². The molecule has 1 rings (SSSR count). The summed E-state index contributed by atoms with van der Waals surface area (Å²) in [6.07, 6.45) is 1.32. The number of nitrogen functional groups attached to an aromatic ring is 1. The lowest BCUT2D eigenvalue weighted by atomic mass is 10.1. The number of carbonyl (C=O) groups is 1. The minimum Gasteiger partial charge on any atom is -0.398 e. The summed E-state index contributed by atoms with van der Waals surface area (Å²) in [6, 6.07) is 6.05. The Kier molecular flexibility index (Phi) is 11.8. The van der Waals surface area contributed by atoms with Crippen LogP contribution in [0.2, 0.25) is 0 Å². The number of aliphatic hydroxyl groups excluding tert-OH is 1. The lowest BCUT2D eigenvalue weighted by Gasteiger charge is -2.19. The molecule has 0 aliphatic rings. The Hall–Kier alpha value is -1.68. The second kappa shape index (κ2) is 12.6. The van der Waals surface area contributed by atoms with Crippen LogP contribution in [0.4, 0.5) is 5.69 Å². The molecular weight excluding hydrogens is 360 g/mol. The molecule has 3 N–H and O–H groups in total. The second-order valence-electron chi connectivity index (χ2n) is 5.59. The monoisotopic (exact) mass is 390 g/mol. The van der Waals surface area contributed by atoms with Gasteiger partial charge in [0.15, 0.2) is 0 Å². The molecule has 0 saturated heterocycles. The molecule has 26 heavy (non-hydrogen) atoms. The van der Waals surface area contributed by atoms with Gasteiger partial charge in [-0.3, -0.25) is 0 Å². The highest BCUT2D eigenvalue weighted by atomic mass is 32.2. The first-order valence-corrected chi connectivity index (χ1v) is 9.78. The van der Waals surface area contributed by atoms with Crippen LogP contribution in [0.3, 0.4) is 0 Å². The number of ether oxygens (including phenoxy) is 1. The number of hydrogen-bond donors (Lipinski definition) is 2. The molecule has 0 aliphatic heterocycles. The topological polar surface area (TPSA) is 119 Å². The molecule has 8 nitrogen and oxygen atoms in total. The molecule has 9 heteroatoms. The van der Waals surface area contributed by atoms with Crippen LogP contribution in [0, 0.1) is 13.8 Å². The molecule has 1 aromatic carbocycles. The van der Waals surface area contributed by atoms with Gasteiger partial charge in [-0.2, -0.15) is 8.42 Å². The number of benzene rings is 1. The molecule has 0 aliphatic carbocycles. The molecule has 0 unspecified atom stereocenters. The van der Waals surface area contributed by atoms with E-state index in [0.29, 0.717) is 13.0 Å². The van der Waals surface area contributed by atoms with Gasteiger partial charge in [0.05, 0.1) is 0 Å². The Morgan fingerprint density at radius 1 is 1.19 bits per heavy atom. The van der Waals surface area contributed by atoms with Crippen molar-refractivity contribution in [2.45, 2.75) is 40.5 Å². The zero-order chi connectivity index (χ0) is 20.2. The van der Waals surface area contributed by atoms with Crippen LogP contribution in [0.1, 0.15) is 37.8 Å². The molecule has 150 valence electrons. The van der Waals surface area contributed by atoms with Crippen molar-refractivity contribution in [1.82, 2.24) is 4.31 Å². The molecule has 0 saturated carbocycles. The van der Waals surface area contributed by atoms with Crippen molar-refractivity contribution in [1.29, 1.82) is 0 Å². The van der Waals surface area contributed by atoms with E-state index in [4.69, 9.17) is 15.6 Å². The fourth-order valence-corrected chi connectivity index (χ4v) is 2.83. The fourth-order valence-electron chi connectivity index (χ4n) is 1.82. The van der Waals surface area contributed by atoms with Crippen LogP contribution >= 0.6 is 0 Å². The van der Waals surface area contributed by atoms with Crippen LogP contribution < -0.4 is 5.73 Å². The van der Waals surface area contributed by atoms with E-state index in [0.717, 1.165) is 27.5 Å². The number of aliphatic hydroxyl groups is 1. The van der Waals surface area contributed by atoms with Gasteiger partial charge in [-0.25, -0.2) is 4.79 Å². The Balaban J connectivity index is 0.000000577. The number of aryl methyl sites for hydroxylation is 2. The molecule has 0 aromatic heterocycles. The highest BCUT2D eigenvalue weighted by Crippen LogP contribution is 2.13. The predicted molar refractivity (Wildman–Crippen MR) is 101 cm³/mol. The predicted octanol–water partition coefficient (Wildman–Crippen LogP) is 1.75. The highest BCUT2D eigenvalue weighted by molar-refractivity contribution is 7.84. The normalized spacial score (nSPS) is 11.0. The van der Waals surface area contributed by atoms with E-state index in [9.17, 15) is 13.2 Å². The van der Waals surface area contributed by atoms with Gasteiger partial charge < -0.3 is 19.8 Å². The number of nitrogens with two attached hydrogens (primary N) is 1. The smallest absolute Gasteiger partial charge is 0.389 e. The van der Waals surface area contributed by atoms with Crippen LogP contribution in [-0.2, 0) is 24.0 Å². The third-order valence-corrected chi connectivity index (χ3v) is 4.56. The third-order valence-electron chi connectivity index (χ3n) is 3.24. The van der Waals surface area contributed by atoms with Gasteiger partial charge in [0.2, 0.25) is 0 Å². The first-order valence-electron chi connectivity index (χ1n) is 8.42. The van der Waals surface area contributed by atoms with Crippen molar-refractivity contribution in [2.75, 3.05) is 32.2 Å². The van der Waals surface area contributed by atoms with Crippen molar-refractivity contribution in [3.8, 4) is 0 Å². The molecule has 0 heterocycles. The average molecular weight is 391 g/mol. The SMILES string of the molecule is CCCOCN(CCC)S(=O)(=O)OC(=O)CO.Cc1cccc(C)c1N. The Labute approximate surface area is 156 Å². The molecule has 0 amide bonds. The summed E-state index contributed by atoms with van der Waals surface area (Å²) >= 11 is 0. The minimum absolute atomic E-state index is 0.164. The number of para-hydroxylation sites is 1. The lowest BCUT2D eigenvalue weighted by molar-refractivity contribution is -0.137. The van der Waals surface area contributed by atoms with E-state index >= 15 is 0 Å². The highest BCUT2D eigenvalue weighted by Gasteiger charge is 2.25. The van der Waals surface area contributed by atoms with Crippen molar-refractivity contribution >= 4 is 22.0 Å². The van der Waals surface area contributed by atoms with Crippen LogP contribution in [0.15, 0.2) is 18.2 Å². The van der Waals surface area contributed by atoms with Crippen LogP contribution in [-0.4, -0.2) is 50.3 Å². The molecule has 0 spiro atoms. The zero-order valence-electron chi connectivity index (χ0n) is 15.9. The Morgan fingerprint density at radius 2 is 1.77 bits per heavy atom. The Morgan fingerprint density at radius 3 is 2.19 bits per heavy atom. The van der Waals surface area contributed by atoms with E-state index in [1.807, 2.05) is 39.0 Å². The number of nitrogens with zero attached hydrogens (tertiary/aromatic N) is 1. The molecule has 0 bridgehead atoms. The van der Waals surface area contributed by atoms with Gasteiger partial charge in [0, 0.05) is 18.8 Å². The lowest BCUT2D eigenvalue weighted by Crippen LogP contribution is -2.37. The first-order chi connectivity index (χ1) is 12.2. The van der Waals surface area contributed by atoms with Gasteiger partial charge in [-0.1, -0.05) is 32.0 Å². The molecule has 0 radical (unpaired) electrons. The second-order valence-corrected chi connectivity index (χ2v) is 7.13. The van der Waals surface area contributed by atoms with E-state index in [1.54, 1.807) is 6.92 Å². The summed E-state index contributed by atoms with van der Waals surface area (Å²) in [5, 5.41) is 8.44. The van der Waals surface area contributed by atoms with Gasteiger partial charge >= 0.3 is 16.3 Å². The van der Waals surface area contributed by atoms with E-state index in [-0.39, 0.29) is 13.3 Å². The fraction of sp³-hybridized carbons (Fsp3) is 0.588. The van der Waals surface area contributed by atoms with Gasteiger partial charge in [-0.15, -0.1) is 4.31 Å². The first kappa shape index (κ1) is 24.3. The maximum Gasteiger partial charge on any atom is 0.389 e. The van der Waals surface area contributed by atoms with Crippen LogP contribution in [0.25, 0.3) is 0 Å². The standard InChI is InChI=1S/C9H19NO6S.C8H11N/c1-3-5-10(8-15-6-4-2)17(13,14)16-9(12)7-11;1-6-4-3-5-7(2)8(6)9/h11H,3-8H2,1-2H3;3-5H,9H2,1-2H3. The summed E-state index contributed by atoms with van der Waals surface area (Å²) in [6.45, 7) is 7.18. The van der Waals surface area contributed by atoms with Crippen molar-refractivity contribution in [3.63, 3.8) is 0 Å². The molecule has 0 atom stereocenters. The summed E-state index contributed by atoms with van der Waals surface area (Å²) in [5.41, 5.74) is 8.92. The summed E-state index contributed by atoms with van der Waals surface area (Å²) in [4.78, 5) is 10.7. The number of carbonyl (C=O) groups excluding carboxylic acids is 1. The number of rotatable bonds is 9. The van der Waals surface area contributed by atoms with Crippen molar-refractivity contribution in [3.05, 3.63) is 29.3 Å². The third kappa shape index (κ3) is 9.14. The maximum atomic E-state index is 11.6. The zero-order valence-corrected chi connectivity index (χ0v) is 16.7. The largest absolute Gasteiger partial charge is 0.398 e. The quantitative estimate of drug-likeness (QED) is 0.374. The van der Waals surface area contributed by atoms with E-state index < -0.39 is 22.9 Å². The molecule has 0 fully saturated rings. The molecular formula is C17H30N2O6S. The van der Waals surface area contributed by atoms with Gasteiger partial charge in [0.1, 0.15) is 13.3 Å².